The first-order valence-electron chi connectivity index (χ1n) is 9.86. The molecule has 8 nitrogen and oxygen atoms in total. The van der Waals surface area contributed by atoms with Crippen molar-refractivity contribution >= 4 is 52.3 Å². The lowest BCUT2D eigenvalue weighted by molar-refractivity contribution is 0.0983. The molecule has 0 atom stereocenters. The SMILES string of the molecule is CCS(=O)(=O)c1cccc(C(=O)N(Cc2ccco2)c2nc3ccc(S(C)(=O)=O)cc3s2)c1. The number of hydrogen-bond donors (Lipinski definition) is 0. The van der Waals surface area contributed by atoms with Crippen LogP contribution in [-0.2, 0) is 26.2 Å². The van der Waals surface area contributed by atoms with Gasteiger partial charge in [0.15, 0.2) is 24.8 Å². The van der Waals surface area contributed by atoms with Crippen molar-refractivity contribution in [3.63, 3.8) is 0 Å². The zero-order valence-corrected chi connectivity index (χ0v) is 20.2. The summed E-state index contributed by atoms with van der Waals surface area (Å²) in [5, 5.41) is 0.334. The Hall–Kier alpha value is -3.02. The molecule has 0 spiro atoms. The Bertz CT molecular complexity index is 1540. The summed E-state index contributed by atoms with van der Waals surface area (Å²) in [6, 6.07) is 13.9. The topological polar surface area (TPSA) is 115 Å². The van der Waals surface area contributed by atoms with Crippen LogP contribution in [0.5, 0.6) is 0 Å². The van der Waals surface area contributed by atoms with Crippen LogP contribution in [0.1, 0.15) is 23.0 Å². The van der Waals surface area contributed by atoms with E-state index in [1.807, 2.05) is 0 Å². The summed E-state index contributed by atoms with van der Waals surface area (Å²) < 4.78 is 54.5. The van der Waals surface area contributed by atoms with Crippen LogP contribution in [0.4, 0.5) is 5.13 Å². The molecule has 0 radical (unpaired) electrons. The van der Waals surface area contributed by atoms with Crippen molar-refractivity contribution < 1.29 is 26.0 Å². The molecule has 1 amide bonds. The maximum Gasteiger partial charge on any atom is 0.260 e. The number of sulfone groups is 2. The average Bonchev–Trinajstić information content (AvgIpc) is 3.45. The van der Waals surface area contributed by atoms with Crippen molar-refractivity contribution in [1.29, 1.82) is 0 Å². The van der Waals surface area contributed by atoms with Crippen LogP contribution in [0.3, 0.4) is 0 Å². The van der Waals surface area contributed by atoms with Gasteiger partial charge in [0.05, 0.1) is 38.6 Å². The highest BCUT2D eigenvalue weighted by atomic mass is 32.2. The highest BCUT2D eigenvalue weighted by molar-refractivity contribution is 7.91. The summed E-state index contributed by atoms with van der Waals surface area (Å²) in [6.07, 6.45) is 2.61. The molecule has 33 heavy (non-hydrogen) atoms. The van der Waals surface area contributed by atoms with Crippen molar-refractivity contribution in [1.82, 2.24) is 4.98 Å². The second-order valence-electron chi connectivity index (χ2n) is 7.30. The van der Waals surface area contributed by atoms with Crippen molar-refractivity contribution in [2.75, 3.05) is 16.9 Å². The Balaban J connectivity index is 1.79. The summed E-state index contributed by atoms with van der Waals surface area (Å²) in [7, 11) is -6.89. The van der Waals surface area contributed by atoms with E-state index in [1.54, 1.807) is 31.2 Å². The fourth-order valence-electron chi connectivity index (χ4n) is 3.17. The second kappa shape index (κ2) is 8.73. The molecule has 4 aromatic rings. The lowest BCUT2D eigenvalue weighted by atomic mass is 10.2. The van der Waals surface area contributed by atoms with Crippen molar-refractivity contribution in [2.24, 2.45) is 0 Å². The van der Waals surface area contributed by atoms with E-state index in [0.717, 1.165) is 17.6 Å². The number of nitrogens with zero attached hydrogens (tertiary/aromatic N) is 2. The Kier molecular flexibility index (Phi) is 6.12. The van der Waals surface area contributed by atoms with E-state index in [-0.39, 0.29) is 27.7 Å². The third kappa shape index (κ3) is 4.85. The van der Waals surface area contributed by atoms with E-state index < -0.39 is 25.6 Å². The first-order chi connectivity index (χ1) is 15.6. The first-order valence-corrected chi connectivity index (χ1v) is 14.2. The number of benzene rings is 2. The minimum atomic E-state index is -3.49. The van der Waals surface area contributed by atoms with Gasteiger partial charge < -0.3 is 4.42 Å². The molecule has 0 N–H and O–H groups in total. The quantitative estimate of drug-likeness (QED) is 0.374. The molecule has 0 aliphatic heterocycles. The molecule has 11 heteroatoms. The van der Waals surface area contributed by atoms with E-state index in [1.165, 1.54) is 41.5 Å². The van der Waals surface area contributed by atoms with Crippen LogP contribution < -0.4 is 4.90 Å². The normalized spacial score (nSPS) is 12.2. The maximum absolute atomic E-state index is 13.5. The van der Waals surface area contributed by atoms with Gasteiger partial charge >= 0.3 is 0 Å². The molecule has 0 bridgehead atoms. The largest absolute Gasteiger partial charge is 0.467 e. The number of aromatic nitrogens is 1. The molecule has 0 saturated carbocycles. The van der Waals surface area contributed by atoms with Crippen molar-refractivity contribution in [3.05, 3.63) is 72.2 Å². The predicted molar refractivity (Wildman–Crippen MR) is 126 cm³/mol. The Morgan fingerprint density at radius 2 is 1.82 bits per heavy atom. The average molecular weight is 505 g/mol. The number of fused-ring (bicyclic) bond motifs is 1. The number of thiazole rings is 1. The monoisotopic (exact) mass is 504 g/mol. The summed E-state index contributed by atoms with van der Waals surface area (Å²) >= 11 is 1.16. The van der Waals surface area contributed by atoms with E-state index in [9.17, 15) is 21.6 Å². The number of anilines is 1. The fourth-order valence-corrected chi connectivity index (χ4v) is 5.82. The molecule has 4 rings (SSSR count). The van der Waals surface area contributed by atoms with Crippen LogP contribution in [0.2, 0.25) is 0 Å². The summed E-state index contributed by atoms with van der Waals surface area (Å²) in [5.74, 6) is -0.0277. The zero-order chi connectivity index (χ0) is 23.8. The number of rotatable bonds is 7. The second-order valence-corrected chi connectivity index (χ2v) is 12.6. The number of carbonyl (C=O) groups is 1. The molecule has 0 aliphatic carbocycles. The third-order valence-corrected chi connectivity index (χ3v) is 8.85. The van der Waals surface area contributed by atoms with Gasteiger partial charge in [-0.15, -0.1) is 0 Å². The van der Waals surface area contributed by atoms with Crippen molar-refractivity contribution in [3.8, 4) is 0 Å². The molecular weight excluding hydrogens is 484 g/mol. The van der Waals surface area contributed by atoms with Crippen LogP contribution in [0.15, 0.2) is 75.1 Å². The standard InChI is InChI=1S/C22H20N2O6S3/c1-3-33(28,29)18-8-4-6-15(12-18)21(25)24(14-16-7-5-11-30-16)22-23-19-10-9-17(32(2,26)27)13-20(19)31-22/h4-13H,3,14H2,1-2H3. The molecule has 0 saturated heterocycles. The van der Waals surface area contributed by atoms with Crippen molar-refractivity contribution in [2.45, 2.75) is 23.3 Å². The number of hydrogen-bond acceptors (Lipinski definition) is 8. The molecule has 2 heterocycles. The first kappa shape index (κ1) is 23.1. The van der Waals surface area contributed by atoms with Gasteiger partial charge in [0.1, 0.15) is 5.76 Å². The van der Waals surface area contributed by atoms with Gasteiger partial charge in [0.25, 0.3) is 5.91 Å². The number of furan rings is 1. The summed E-state index contributed by atoms with van der Waals surface area (Å²) in [4.78, 5) is 19.6. The van der Waals surface area contributed by atoms with Crippen LogP contribution in [0.25, 0.3) is 10.2 Å². The minimum Gasteiger partial charge on any atom is -0.467 e. The van der Waals surface area contributed by atoms with E-state index in [2.05, 4.69) is 4.98 Å². The third-order valence-electron chi connectivity index (χ3n) is 4.97. The highest BCUT2D eigenvalue weighted by Crippen LogP contribution is 2.32. The minimum absolute atomic E-state index is 0.0648. The number of amides is 1. The predicted octanol–water partition coefficient (Wildman–Crippen LogP) is 3.93. The fraction of sp³-hybridized carbons (Fsp3) is 0.182. The van der Waals surface area contributed by atoms with Gasteiger partial charge in [-0.05, 0) is 48.5 Å². The summed E-state index contributed by atoms with van der Waals surface area (Å²) in [5.41, 5.74) is 0.731. The number of carbonyl (C=O) groups excluding carboxylic acids is 1. The highest BCUT2D eigenvalue weighted by Gasteiger charge is 2.24. The molecule has 2 aromatic carbocycles. The van der Waals surface area contributed by atoms with Crippen LogP contribution >= 0.6 is 11.3 Å². The van der Waals surface area contributed by atoms with Gasteiger partial charge in [-0.2, -0.15) is 0 Å². The molecule has 2 aromatic heterocycles. The van der Waals surface area contributed by atoms with Crippen LogP contribution in [0, 0.1) is 0 Å². The maximum atomic E-state index is 13.5. The van der Waals surface area contributed by atoms with Gasteiger partial charge in [0.2, 0.25) is 0 Å². The molecule has 0 aliphatic rings. The van der Waals surface area contributed by atoms with Gasteiger partial charge in [-0.25, -0.2) is 21.8 Å². The van der Waals surface area contributed by atoms with Gasteiger partial charge in [-0.3, -0.25) is 9.69 Å². The molecule has 172 valence electrons. The smallest absolute Gasteiger partial charge is 0.260 e. The van der Waals surface area contributed by atoms with Crippen LogP contribution in [-0.4, -0.2) is 39.7 Å². The Morgan fingerprint density at radius 1 is 1.03 bits per heavy atom. The summed E-state index contributed by atoms with van der Waals surface area (Å²) in [6.45, 7) is 1.61. The Morgan fingerprint density at radius 3 is 2.48 bits per heavy atom. The van der Waals surface area contributed by atoms with E-state index in [4.69, 9.17) is 4.42 Å². The lowest BCUT2D eigenvalue weighted by Crippen LogP contribution is -2.30. The van der Waals surface area contributed by atoms with E-state index in [0.29, 0.717) is 21.1 Å². The van der Waals surface area contributed by atoms with Gasteiger partial charge in [-0.1, -0.05) is 24.3 Å². The molecule has 0 fully saturated rings. The van der Waals surface area contributed by atoms with E-state index >= 15 is 0 Å². The molecular formula is C22H20N2O6S3. The van der Waals surface area contributed by atoms with Gasteiger partial charge in [0, 0.05) is 11.8 Å². The molecule has 0 unspecified atom stereocenters. The zero-order valence-electron chi connectivity index (χ0n) is 17.8. The lowest BCUT2D eigenvalue weighted by Gasteiger charge is -2.19. The Labute approximate surface area is 195 Å².